The van der Waals surface area contributed by atoms with Gasteiger partial charge < -0.3 is 0 Å². The third-order valence-electron chi connectivity index (χ3n) is 2.66. The maximum Gasteiger partial charge on any atom is 0.331 e. The van der Waals surface area contributed by atoms with E-state index in [1.54, 1.807) is 0 Å². The van der Waals surface area contributed by atoms with Crippen molar-refractivity contribution in [3.05, 3.63) is 68.6 Å². The van der Waals surface area contributed by atoms with Gasteiger partial charge in [0.1, 0.15) is 0 Å². The van der Waals surface area contributed by atoms with Gasteiger partial charge in [-0.2, -0.15) is 10.2 Å². The zero-order chi connectivity index (χ0) is 17.4. The van der Waals surface area contributed by atoms with Crippen molar-refractivity contribution in [2.75, 3.05) is 0 Å². The summed E-state index contributed by atoms with van der Waals surface area (Å²) in [7, 11) is 0. The van der Waals surface area contributed by atoms with Gasteiger partial charge in [0.15, 0.2) is 0 Å². The van der Waals surface area contributed by atoms with Crippen LogP contribution in [0.1, 0.15) is 11.1 Å². The smallest absolute Gasteiger partial charge is 0.262 e. The number of hydrazone groups is 2. The predicted molar refractivity (Wildman–Crippen MR) is 99.8 cm³/mol. The Bertz CT molecular complexity index is 739. The molecule has 2 rings (SSSR count). The van der Waals surface area contributed by atoms with Crippen LogP contribution in [-0.4, -0.2) is 24.2 Å². The van der Waals surface area contributed by atoms with Crippen LogP contribution < -0.4 is 10.9 Å². The molecular formula is C16H12Br2N4O2. The highest BCUT2D eigenvalue weighted by molar-refractivity contribution is 9.10. The minimum absolute atomic E-state index is 0.776. The van der Waals surface area contributed by atoms with Gasteiger partial charge in [-0.3, -0.25) is 9.59 Å². The highest BCUT2D eigenvalue weighted by Crippen LogP contribution is 2.10. The molecule has 0 fully saturated rings. The lowest BCUT2D eigenvalue weighted by molar-refractivity contribution is -0.139. The largest absolute Gasteiger partial charge is 0.331 e. The molecule has 0 radical (unpaired) electrons. The highest BCUT2D eigenvalue weighted by Gasteiger charge is 2.10. The number of amides is 2. The molecule has 2 aromatic rings. The number of carbonyl (C=O) groups is 2. The minimum Gasteiger partial charge on any atom is -0.262 e. The first-order valence-electron chi connectivity index (χ1n) is 6.72. The van der Waals surface area contributed by atoms with Crippen molar-refractivity contribution >= 4 is 56.1 Å². The van der Waals surface area contributed by atoms with Crippen molar-refractivity contribution in [1.82, 2.24) is 10.9 Å². The van der Waals surface area contributed by atoms with E-state index in [0.717, 1.165) is 20.1 Å². The minimum atomic E-state index is -0.910. The molecule has 0 saturated heterocycles. The molecule has 0 aliphatic carbocycles. The van der Waals surface area contributed by atoms with Gasteiger partial charge in [0.2, 0.25) is 0 Å². The van der Waals surface area contributed by atoms with Crippen molar-refractivity contribution in [3.8, 4) is 0 Å². The molecular weight excluding hydrogens is 440 g/mol. The third kappa shape index (κ3) is 6.05. The number of rotatable bonds is 4. The van der Waals surface area contributed by atoms with Gasteiger partial charge in [0.05, 0.1) is 12.4 Å². The average Bonchev–Trinajstić information content (AvgIpc) is 2.55. The lowest BCUT2D eigenvalue weighted by Gasteiger charge is -1.99. The van der Waals surface area contributed by atoms with Gasteiger partial charge in [0, 0.05) is 8.95 Å². The molecule has 2 amide bonds. The van der Waals surface area contributed by atoms with E-state index in [0.29, 0.717) is 0 Å². The Morgan fingerprint density at radius 2 is 1.21 bits per heavy atom. The summed E-state index contributed by atoms with van der Waals surface area (Å²) >= 11 is 6.65. The van der Waals surface area contributed by atoms with Gasteiger partial charge in [-0.15, -0.1) is 0 Å². The summed E-state index contributed by atoms with van der Waals surface area (Å²) in [4.78, 5) is 23.1. The Balaban J connectivity index is 1.83. The van der Waals surface area contributed by atoms with Gasteiger partial charge in [0.25, 0.3) is 0 Å². The van der Waals surface area contributed by atoms with Crippen LogP contribution in [-0.2, 0) is 9.59 Å². The van der Waals surface area contributed by atoms with Crippen LogP contribution >= 0.6 is 31.9 Å². The monoisotopic (exact) mass is 450 g/mol. The Morgan fingerprint density at radius 3 is 1.58 bits per heavy atom. The summed E-state index contributed by atoms with van der Waals surface area (Å²) in [6, 6.07) is 14.6. The summed E-state index contributed by atoms with van der Waals surface area (Å²) in [5.41, 5.74) is 5.81. The standard InChI is InChI=1S/C16H12Br2N4O2/c17-13-5-1-3-11(7-13)9-19-21-15(23)16(24)22-20-10-12-4-2-6-14(18)8-12/h1-10H,(H,21,23)(H,22,24)/b19-9+,20-10+. The van der Waals surface area contributed by atoms with Crippen molar-refractivity contribution in [1.29, 1.82) is 0 Å². The third-order valence-corrected chi connectivity index (χ3v) is 3.65. The van der Waals surface area contributed by atoms with Gasteiger partial charge in [-0.05, 0) is 35.4 Å². The second-order valence-electron chi connectivity index (χ2n) is 4.51. The molecule has 6 nitrogen and oxygen atoms in total. The van der Waals surface area contributed by atoms with E-state index in [1.165, 1.54) is 12.4 Å². The van der Waals surface area contributed by atoms with Crippen molar-refractivity contribution in [2.24, 2.45) is 10.2 Å². The molecule has 24 heavy (non-hydrogen) atoms. The molecule has 0 unspecified atom stereocenters. The molecule has 2 aromatic carbocycles. The molecule has 0 atom stereocenters. The Morgan fingerprint density at radius 1 is 0.792 bits per heavy atom. The van der Waals surface area contributed by atoms with Crippen LogP contribution in [0.3, 0.4) is 0 Å². The van der Waals surface area contributed by atoms with Crippen molar-refractivity contribution in [3.63, 3.8) is 0 Å². The van der Waals surface area contributed by atoms with Crippen LogP contribution in [0.4, 0.5) is 0 Å². The number of carbonyl (C=O) groups excluding carboxylic acids is 2. The average molecular weight is 452 g/mol. The van der Waals surface area contributed by atoms with Gasteiger partial charge in [-0.1, -0.05) is 56.1 Å². The molecule has 0 spiro atoms. The van der Waals surface area contributed by atoms with Crippen LogP contribution in [0, 0.1) is 0 Å². The fraction of sp³-hybridized carbons (Fsp3) is 0. The topological polar surface area (TPSA) is 82.9 Å². The number of benzene rings is 2. The quantitative estimate of drug-likeness (QED) is 0.425. The van der Waals surface area contributed by atoms with Crippen LogP contribution in [0.5, 0.6) is 0 Å². The first kappa shape index (κ1) is 18.0. The number of nitrogens with zero attached hydrogens (tertiary/aromatic N) is 2. The Hall–Kier alpha value is -2.32. The molecule has 0 aliphatic rings. The fourth-order valence-electron chi connectivity index (χ4n) is 1.61. The zero-order valence-corrected chi connectivity index (χ0v) is 15.4. The summed E-state index contributed by atoms with van der Waals surface area (Å²) in [6.45, 7) is 0. The maximum atomic E-state index is 11.6. The van der Waals surface area contributed by atoms with E-state index >= 15 is 0 Å². The molecule has 122 valence electrons. The van der Waals surface area contributed by atoms with Crippen molar-refractivity contribution < 1.29 is 9.59 Å². The van der Waals surface area contributed by atoms with Crippen LogP contribution in [0.15, 0.2) is 67.7 Å². The number of hydrogen-bond acceptors (Lipinski definition) is 4. The van der Waals surface area contributed by atoms with E-state index in [9.17, 15) is 9.59 Å². The summed E-state index contributed by atoms with van der Waals surface area (Å²) in [6.07, 6.45) is 2.86. The molecule has 0 aliphatic heterocycles. The Labute approximate surface area is 155 Å². The number of hydrogen-bond donors (Lipinski definition) is 2. The zero-order valence-electron chi connectivity index (χ0n) is 12.2. The second kappa shape index (κ2) is 9.09. The lowest BCUT2D eigenvalue weighted by atomic mass is 10.2. The molecule has 0 aromatic heterocycles. The fourth-order valence-corrected chi connectivity index (χ4v) is 2.44. The van der Waals surface area contributed by atoms with Crippen LogP contribution in [0.25, 0.3) is 0 Å². The molecule has 0 saturated carbocycles. The molecule has 2 N–H and O–H groups in total. The first-order valence-corrected chi connectivity index (χ1v) is 8.31. The predicted octanol–water partition coefficient (Wildman–Crippen LogP) is 2.81. The van der Waals surface area contributed by atoms with Crippen LogP contribution in [0.2, 0.25) is 0 Å². The highest BCUT2D eigenvalue weighted by atomic mass is 79.9. The SMILES string of the molecule is O=C(N/N=C/c1cccc(Br)c1)C(=O)N/N=C/c1cccc(Br)c1. The van der Waals surface area contributed by atoms with E-state index in [2.05, 4.69) is 52.9 Å². The van der Waals surface area contributed by atoms with E-state index in [-0.39, 0.29) is 0 Å². The van der Waals surface area contributed by atoms with Gasteiger partial charge >= 0.3 is 11.8 Å². The molecule has 0 bridgehead atoms. The van der Waals surface area contributed by atoms with E-state index in [4.69, 9.17) is 0 Å². The number of halogens is 2. The molecule has 8 heteroatoms. The first-order chi connectivity index (χ1) is 11.5. The van der Waals surface area contributed by atoms with Gasteiger partial charge in [-0.25, -0.2) is 10.9 Å². The normalized spacial score (nSPS) is 10.9. The van der Waals surface area contributed by atoms with Crippen molar-refractivity contribution in [2.45, 2.75) is 0 Å². The molecule has 0 heterocycles. The van der Waals surface area contributed by atoms with E-state index < -0.39 is 11.8 Å². The summed E-state index contributed by atoms with van der Waals surface area (Å²) in [5.74, 6) is -1.82. The maximum absolute atomic E-state index is 11.6. The second-order valence-corrected chi connectivity index (χ2v) is 6.34. The van der Waals surface area contributed by atoms with E-state index in [1.807, 2.05) is 48.5 Å². The summed E-state index contributed by atoms with van der Waals surface area (Å²) in [5, 5.41) is 7.43. The summed E-state index contributed by atoms with van der Waals surface area (Å²) < 4.78 is 1.77. The lowest BCUT2D eigenvalue weighted by Crippen LogP contribution is -2.35. The number of nitrogens with one attached hydrogen (secondary N) is 2. The Kier molecular flexibility index (Phi) is 6.83.